The Morgan fingerprint density at radius 1 is 0.307 bits per heavy atom. The third kappa shape index (κ3) is 75.6. The molecule has 0 amide bonds. The van der Waals surface area contributed by atoms with Crippen molar-refractivity contribution < 1.29 is 80.2 Å². The van der Waals surface area contributed by atoms with E-state index in [4.69, 9.17) is 37.0 Å². The predicted molar refractivity (Wildman–Crippen MR) is 414 cm³/mol. The Morgan fingerprint density at radius 3 is 0.812 bits per heavy atom. The Labute approximate surface area is 618 Å². The van der Waals surface area contributed by atoms with Gasteiger partial charge < -0.3 is 33.8 Å². The number of ether oxygens (including phenoxy) is 4. The highest BCUT2D eigenvalue weighted by molar-refractivity contribution is 7.47. The van der Waals surface area contributed by atoms with Crippen molar-refractivity contribution >= 4 is 39.5 Å². The van der Waals surface area contributed by atoms with Crippen molar-refractivity contribution in [2.45, 2.75) is 432 Å². The van der Waals surface area contributed by atoms with Crippen molar-refractivity contribution in [3.05, 3.63) is 24.3 Å². The summed E-state index contributed by atoms with van der Waals surface area (Å²) in [6.45, 7) is 7.28. The van der Waals surface area contributed by atoms with E-state index in [0.717, 1.165) is 109 Å². The van der Waals surface area contributed by atoms with Crippen LogP contribution >= 0.6 is 15.6 Å². The lowest BCUT2D eigenvalue weighted by atomic mass is 10.0. The molecule has 0 heterocycles. The van der Waals surface area contributed by atoms with Gasteiger partial charge in [-0.05, 0) is 57.3 Å². The number of aliphatic hydroxyl groups is 1. The van der Waals surface area contributed by atoms with Gasteiger partial charge in [-0.1, -0.05) is 361 Å². The number of esters is 4. The number of carbonyl (C=O) groups excluding carboxylic acids is 4. The fourth-order valence-corrected chi connectivity index (χ4v) is 13.8. The maximum atomic E-state index is 13.1. The van der Waals surface area contributed by atoms with E-state index >= 15 is 0 Å². The second kappa shape index (κ2) is 74.4. The largest absolute Gasteiger partial charge is 0.472 e. The first kappa shape index (κ1) is 98.5. The van der Waals surface area contributed by atoms with Crippen LogP contribution in [0.2, 0.25) is 0 Å². The molecule has 5 atom stereocenters. The standard InChI is InChI=1S/C82H156O17P2/c1-6-9-12-15-18-21-23-25-27-28-29-30-34-39-43-48-53-58-63-68-82(87)99-78(72-93-80(85)66-61-56-51-46-41-37-35-31-33-36-40-45-49-54-59-64-75(4)5)74-97-101(90,91)95-70-76(83)69-94-100(88,89)96-73-77(71-92-79(84)65-60-55-50-44-20-17-14-11-8-3)98-81(86)67-62-57-52-47-42-38-32-26-24-22-19-16-13-10-7-2/h22,24,26,32,75-78,83H,6-21,23,25,27-31,33-74H2,1-5H3,(H,88,89)(H,90,91)/b24-22-,32-26-/t76-,77+,78+/m0/s1. The van der Waals surface area contributed by atoms with Crippen LogP contribution in [0.5, 0.6) is 0 Å². The zero-order valence-electron chi connectivity index (χ0n) is 65.5. The van der Waals surface area contributed by atoms with Gasteiger partial charge in [0.2, 0.25) is 0 Å². The zero-order valence-corrected chi connectivity index (χ0v) is 67.3. The molecule has 3 N–H and O–H groups in total. The molecule has 2 unspecified atom stereocenters. The number of aliphatic hydroxyl groups excluding tert-OH is 1. The second-order valence-electron chi connectivity index (χ2n) is 29.3. The average Bonchev–Trinajstić information content (AvgIpc) is 0.977. The van der Waals surface area contributed by atoms with Crippen LogP contribution < -0.4 is 0 Å². The minimum absolute atomic E-state index is 0.0854. The second-order valence-corrected chi connectivity index (χ2v) is 32.2. The van der Waals surface area contributed by atoms with Gasteiger partial charge in [0.05, 0.1) is 26.4 Å². The van der Waals surface area contributed by atoms with Gasteiger partial charge in [0, 0.05) is 25.7 Å². The Morgan fingerprint density at radius 2 is 0.535 bits per heavy atom. The maximum absolute atomic E-state index is 13.1. The molecule has 0 aromatic carbocycles. The summed E-state index contributed by atoms with van der Waals surface area (Å²) in [5.41, 5.74) is 0. The van der Waals surface area contributed by atoms with Gasteiger partial charge in [0.1, 0.15) is 19.3 Å². The van der Waals surface area contributed by atoms with Gasteiger partial charge in [-0.15, -0.1) is 0 Å². The van der Waals surface area contributed by atoms with Crippen LogP contribution in [0.4, 0.5) is 0 Å². The van der Waals surface area contributed by atoms with Gasteiger partial charge in [0.25, 0.3) is 0 Å². The average molecular weight is 1480 g/mol. The van der Waals surface area contributed by atoms with Crippen LogP contribution in [-0.4, -0.2) is 96.7 Å². The minimum Gasteiger partial charge on any atom is -0.462 e. The molecule has 0 fully saturated rings. The van der Waals surface area contributed by atoms with Crippen molar-refractivity contribution in [2.24, 2.45) is 5.92 Å². The normalized spacial score (nSPS) is 14.0. The molecular formula is C82H156O17P2. The fraction of sp³-hybridized carbons (Fsp3) is 0.902. The molecule has 0 aromatic rings. The van der Waals surface area contributed by atoms with Crippen molar-refractivity contribution in [3.8, 4) is 0 Å². The molecule has 0 radical (unpaired) electrons. The Kier molecular flexibility index (Phi) is 72.6. The van der Waals surface area contributed by atoms with E-state index in [1.54, 1.807) is 0 Å². The van der Waals surface area contributed by atoms with Crippen LogP contribution in [-0.2, 0) is 65.4 Å². The molecule has 596 valence electrons. The monoisotopic (exact) mass is 1480 g/mol. The lowest BCUT2D eigenvalue weighted by Gasteiger charge is -2.21. The molecule has 0 aliphatic carbocycles. The number of rotatable bonds is 80. The highest BCUT2D eigenvalue weighted by atomic mass is 31.2. The predicted octanol–water partition coefficient (Wildman–Crippen LogP) is 24.4. The summed E-state index contributed by atoms with van der Waals surface area (Å²) in [6, 6.07) is 0. The molecule has 0 spiro atoms. The highest BCUT2D eigenvalue weighted by Crippen LogP contribution is 2.45. The summed E-state index contributed by atoms with van der Waals surface area (Å²) in [7, 11) is -9.93. The molecule has 17 nitrogen and oxygen atoms in total. The first-order chi connectivity index (χ1) is 49.0. The van der Waals surface area contributed by atoms with Crippen LogP contribution in [0.1, 0.15) is 413 Å². The minimum atomic E-state index is -4.97. The third-order valence-electron chi connectivity index (χ3n) is 18.7. The maximum Gasteiger partial charge on any atom is 0.472 e. The summed E-state index contributed by atoms with van der Waals surface area (Å²) >= 11 is 0. The van der Waals surface area contributed by atoms with Crippen LogP contribution in [0.3, 0.4) is 0 Å². The smallest absolute Gasteiger partial charge is 0.462 e. The fourth-order valence-electron chi connectivity index (χ4n) is 12.2. The number of phosphoric acid groups is 2. The molecule has 19 heteroatoms. The van der Waals surface area contributed by atoms with E-state index in [9.17, 15) is 43.2 Å². The summed E-state index contributed by atoms with van der Waals surface area (Å²) in [5, 5.41) is 10.6. The quantitative estimate of drug-likeness (QED) is 0.0169. The number of carbonyl (C=O) groups is 4. The van der Waals surface area contributed by atoms with Crippen molar-refractivity contribution in [2.75, 3.05) is 39.6 Å². The summed E-state index contributed by atoms with van der Waals surface area (Å²) in [5.74, 6) is -1.33. The zero-order chi connectivity index (χ0) is 74.1. The van der Waals surface area contributed by atoms with Crippen molar-refractivity contribution in [1.82, 2.24) is 0 Å². The van der Waals surface area contributed by atoms with E-state index in [-0.39, 0.29) is 25.7 Å². The summed E-state index contributed by atoms with van der Waals surface area (Å²) in [4.78, 5) is 73.0. The van der Waals surface area contributed by atoms with E-state index < -0.39 is 97.5 Å². The van der Waals surface area contributed by atoms with E-state index in [2.05, 4.69) is 58.9 Å². The van der Waals surface area contributed by atoms with Gasteiger partial charge in [-0.2, -0.15) is 0 Å². The molecule has 0 aliphatic rings. The number of allylic oxidation sites excluding steroid dienone is 4. The molecule has 0 saturated heterocycles. The first-order valence-electron chi connectivity index (χ1n) is 42.0. The summed E-state index contributed by atoms with van der Waals surface area (Å²) in [6.07, 6.45) is 68.8. The molecule has 0 aromatic heterocycles. The number of phosphoric ester groups is 2. The van der Waals surface area contributed by atoms with E-state index in [1.165, 1.54) is 225 Å². The van der Waals surface area contributed by atoms with E-state index in [1.807, 2.05) is 0 Å². The Bertz CT molecular complexity index is 2020. The molecule has 0 rings (SSSR count). The Hall–Kier alpha value is -2.46. The van der Waals surface area contributed by atoms with Gasteiger partial charge in [-0.25, -0.2) is 9.13 Å². The topological polar surface area (TPSA) is 237 Å². The molecule has 101 heavy (non-hydrogen) atoms. The van der Waals surface area contributed by atoms with E-state index in [0.29, 0.717) is 25.7 Å². The van der Waals surface area contributed by atoms with Gasteiger partial charge in [-0.3, -0.25) is 37.3 Å². The Balaban J connectivity index is 5.25. The van der Waals surface area contributed by atoms with Crippen molar-refractivity contribution in [3.63, 3.8) is 0 Å². The van der Waals surface area contributed by atoms with Gasteiger partial charge >= 0.3 is 39.5 Å². The number of unbranched alkanes of at least 4 members (excludes halogenated alkanes) is 49. The molecule has 0 bridgehead atoms. The van der Waals surface area contributed by atoms with Crippen molar-refractivity contribution in [1.29, 1.82) is 0 Å². The molecule has 0 aliphatic heterocycles. The summed E-state index contributed by atoms with van der Waals surface area (Å²) < 4.78 is 68.7. The van der Waals surface area contributed by atoms with Crippen LogP contribution in [0.15, 0.2) is 24.3 Å². The van der Waals surface area contributed by atoms with Gasteiger partial charge in [0.15, 0.2) is 12.2 Å². The van der Waals surface area contributed by atoms with Crippen LogP contribution in [0, 0.1) is 5.92 Å². The molecule has 0 saturated carbocycles. The lowest BCUT2D eigenvalue weighted by molar-refractivity contribution is -0.161. The highest BCUT2D eigenvalue weighted by Gasteiger charge is 2.30. The number of hydrogen-bond acceptors (Lipinski definition) is 15. The lowest BCUT2D eigenvalue weighted by Crippen LogP contribution is -2.30. The SMILES string of the molecule is CCCCCC/C=C\C=C/CCCCCCCC(=O)O[C@H](COC(=O)CCCCCCCCCCC)COP(=O)(O)OC[C@H](O)COP(=O)(O)OC[C@@H](COC(=O)CCCCCCCCCCCCCCCCCC(C)C)OC(=O)CCCCCCCCCCCCCCCCCCCCC. The van der Waals surface area contributed by atoms with Crippen LogP contribution in [0.25, 0.3) is 0 Å². The third-order valence-corrected chi connectivity index (χ3v) is 20.6. The molecular weight excluding hydrogens is 1320 g/mol. The number of hydrogen-bond donors (Lipinski definition) is 3. The first-order valence-corrected chi connectivity index (χ1v) is 44.9.